The van der Waals surface area contributed by atoms with Crippen LogP contribution in [0.25, 0.3) is 0 Å². The lowest BCUT2D eigenvalue weighted by atomic mass is 10.2. The zero-order valence-electron chi connectivity index (χ0n) is 12.8. The Morgan fingerprint density at radius 1 is 1.33 bits per heavy atom. The van der Waals surface area contributed by atoms with Gasteiger partial charge in [-0.1, -0.05) is 0 Å². The summed E-state index contributed by atoms with van der Waals surface area (Å²) in [5.74, 6) is 6.75. The molecule has 1 heterocycles. The number of nitrogens with zero attached hydrogens (tertiary/aromatic N) is 2. The average molecular weight is 317 g/mol. The zero-order valence-corrected chi connectivity index (χ0v) is 13.6. The Kier molecular flexibility index (Phi) is 5.87. The van der Waals surface area contributed by atoms with E-state index in [9.17, 15) is 8.42 Å². The molecule has 0 spiro atoms. The first-order valence-corrected chi connectivity index (χ1v) is 8.44. The highest BCUT2D eigenvalue weighted by molar-refractivity contribution is 7.92. The van der Waals surface area contributed by atoms with Crippen LogP contribution in [0.1, 0.15) is 26.6 Å². The third kappa shape index (κ3) is 5.10. The second kappa shape index (κ2) is 7.01. The normalized spacial score (nSPS) is 12.2. The van der Waals surface area contributed by atoms with E-state index in [1.807, 2.05) is 6.92 Å². The van der Waals surface area contributed by atoms with E-state index >= 15 is 0 Å². The van der Waals surface area contributed by atoms with Gasteiger partial charge in [0.15, 0.2) is 15.7 Å². The number of nitrogens with one attached hydrogen (secondary N) is 2. The number of rotatable bonds is 8. The standard InChI is InChI=1S/C12H23N5O3S/c1-5-20-7-11-15-9(6-10(16-11)17-13)14-8-12(2,3)21(4,18)19/h6H,5,7-8,13H2,1-4H3,(H2,14,15,16,17). The van der Waals surface area contributed by atoms with E-state index in [0.29, 0.717) is 24.1 Å². The molecule has 120 valence electrons. The van der Waals surface area contributed by atoms with Crippen LogP contribution in [0.2, 0.25) is 0 Å². The number of hydrazine groups is 1. The Bertz CT molecular complexity index is 574. The van der Waals surface area contributed by atoms with Gasteiger partial charge in [-0.3, -0.25) is 0 Å². The fourth-order valence-corrected chi connectivity index (χ4v) is 1.69. The Morgan fingerprint density at radius 3 is 2.48 bits per heavy atom. The van der Waals surface area contributed by atoms with Crippen LogP contribution < -0.4 is 16.6 Å². The molecule has 0 aromatic carbocycles. The minimum Gasteiger partial charge on any atom is -0.374 e. The van der Waals surface area contributed by atoms with E-state index in [1.54, 1.807) is 19.9 Å². The summed E-state index contributed by atoms with van der Waals surface area (Å²) in [7, 11) is -3.18. The molecule has 1 aromatic rings. The Labute approximate surface area is 125 Å². The molecule has 21 heavy (non-hydrogen) atoms. The van der Waals surface area contributed by atoms with Gasteiger partial charge in [0, 0.05) is 25.5 Å². The number of anilines is 2. The number of sulfone groups is 1. The summed E-state index contributed by atoms with van der Waals surface area (Å²) in [6, 6.07) is 1.60. The van der Waals surface area contributed by atoms with Crippen LogP contribution in [-0.2, 0) is 21.2 Å². The van der Waals surface area contributed by atoms with Gasteiger partial charge < -0.3 is 15.5 Å². The molecule has 0 bridgehead atoms. The van der Waals surface area contributed by atoms with Crippen LogP contribution in [-0.4, -0.2) is 42.5 Å². The summed E-state index contributed by atoms with van der Waals surface area (Å²) in [5.41, 5.74) is 2.45. The molecule has 0 fully saturated rings. The van der Waals surface area contributed by atoms with Crippen LogP contribution in [0.5, 0.6) is 0 Å². The van der Waals surface area contributed by atoms with Gasteiger partial charge in [-0.25, -0.2) is 24.2 Å². The molecule has 1 aromatic heterocycles. The number of aromatic nitrogens is 2. The predicted octanol–water partition coefficient (Wildman–Crippen LogP) is 0.534. The maximum atomic E-state index is 11.7. The highest BCUT2D eigenvalue weighted by Crippen LogP contribution is 2.17. The third-order valence-electron chi connectivity index (χ3n) is 3.05. The van der Waals surface area contributed by atoms with Gasteiger partial charge in [-0.2, -0.15) is 0 Å². The van der Waals surface area contributed by atoms with Crippen molar-refractivity contribution in [1.82, 2.24) is 9.97 Å². The largest absolute Gasteiger partial charge is 0.374 e. The van der Waals surface area contributed by atoms with E-state index in [2.05, 4.69) is 20.7 Å². The van der Waals surface area contributed by atoms with Crippen molar-refractivity contribution in [1.29, 1.82) is 0 Å². The predicted molar refractivity (Wildman–Crippen MR) is 82.6 cm³/mol. The first-order chi connectivity index (χ1) is 9.69. The van der Waals surface area contributed by atoms with Crippen LogP contribution in [0.4, 0.5) is 11.6 Å². The highest BCUT2D eigenvalue weighted by Gasteiger charge is 2.30. The first kappa shape index (κ1) is 17.6. The second-order valence-electron chi connectivity index (χ2n) is 5.22. The molecule has 0 aliphatic heterocycles. The second-order valence-corrected chi connectivity index (χ2v) is 7.87. The molecule has 0 saturated carbocycles. The van der Waals surface area contributed by atoms with Crippen molar-refractivity contribution in [3.63, 3.8) is 0 Å². The lowest BCUT2D eigenvalue weighted by molar-refractivity contribution is 0.128. The minimum absolute atomic E-state index is 0.223. The molecule has 1 rings (SSSR count). The maximum Gasteiger partial charge on any atom is 0.158 e. The first-order valence-electron chi connectivity index (χ1n) is 6.55. The topological polar surface area (TPSA) is 119 Å². The van der Waals surface area contributed by atoms with Crippen LogP contribution in [0.15, 0.2) is 6.07 Å². The Hall–Kier alpha value is -1.45. The molecule has 0 aliphatic carbocycles. The number of nitrogen functional groups attached to an aromatic ring is 1. The smallest absolute Gasteiger partial charge is 0.158 e. The molecule has 0 aliphatic rings. The van der Waals surface area contributed by atoms with Crippen LogP contribution >= 0.6 is 0 Å². The molecule has 0 unspecified atom stereocenters. The third-order valence-corrected chi connectivity index (χ3v) is 5.21. The molecule has 8 nitrogen and oxygen atoms in total. The molecule has 0 atom stereocenters. The zero-order chi connectivity index (χ0) is 16.1. The summed E-state index contributed by atoms with van der Waals surface area (Å²) in [6.45, 7) is 6.21. The van der Waals surface area contributed by atoms with Gasteiger partial charge in [-0.15, -0.1) is 0 Å². The van der Waals surface area contributed by atoms with Crippen LogP contribution in [0, 0.1) is 0 Å². The summed E-state index contributed by atoms with van der Waals surface area (Å²) < 4.78 is 27.7. The molecular weight excluding hydrogens is 294 g/mol. The summed E-state index contributed by atoms with van der Waals surface area (Å²) in [5, 5.41) is 3.00. The molecule has 9 heteroatoms. The molecule has 0 radical (unpaired) electrons. The number of nitrogens with two attached hydrogens (primary N) is 1. The SMILES string of the molecule is CCOCc1nc(NN)cc(NCC(C)(C)S(C)(=O)=O)n1. The fourth-order valence-electron chi connectivity index (χ4n) is 1.35. The van der Waals surface area contributed by atoms with Crippen molar-refractivity contribution in [3.8, 4) is 0 Å². The highest BCUT2D eigenvalue weighted by atomic mass is 32.2. The Morgan fingerprint density at radius 2 is 1.95 bits per heavy atom. The fraction of sp³-hybridized carbons (Fsp3) is 0.667. The molecule has 0 saturated heterocycles. The van der Waals surface area contributed by atoms with Crippen molar-refractivity contribution in [2.75, 3.05) is 30.1 Å². The maximum absolute atomic E-state index is 11.7. The quantitative estimate of drug-likeness (QED) is 0.469. The van der Waals surface area contributed by atoms with E-state index in [4.69, 9.17) is 10.6 Å². The van der Waals surface area contributed by atoms with Gasteiger partial charge in [0.25, 0.3) is 0 Å². The average Bonchev–Trinajstić information content (AvgIpc) is 2.41. The minimum atomic E-state index is -3.18. The lowest BCUT2D eigenvalue weighted by Crippen LogP contribution is -2.38. The van der Waals surface area contributed by atoms with E-state index < -0.39 is 14.6 Å². The van der Waals surface area contributed by atoms with Gasteiger partial charge in [-0.05, 0) is 20.8 Å². The summed E-state index contributed by atoms with van der Waals surface area (Å²) in [6.07, 6.45) is 1.21. The molecular formula is C12H23N5O3S. The van der Waals surface area contributed by atoms with Gasteiger partial charge in [0.05, 0.1) is 4.75 Å². The number of ether oxygens (including phenoxy) is 1. The number of hydrogen-bond acceptors (Lipinski definition) is 8. The van der Waals surface area contributed by atoms with Gasteiger partial charge >= 0.3 is 0 Å². The van der Waals surface area contributed by atoms with E-state index in [0.717, 1.165) is 0 Å². The van der Waals surface area contributed by atoms with Crippen LogP contribution in [0.3, 0.4) is 0 Å². The van der Waals surface area contributed by atoms with Gasteiger partial charge in [0.1, 0.15) is 18.2 Å². The van der Waals surface area contributed by atoms with Crippen molar-refractivity contribution in [3.05, 3.63) is 11.9 Å². The monoisotopic (exact) mass is 317 g/mol. The molecule has 0 amide bonds. The number of hydrogen-bond donors (Lipinski definition) is 3. The van der Waals surface area contributed by atoms with Crippen molar-refractivity contribution < 1.29 is 13.2 Å². The van der Waals surface area contributed by atoms with Crippen molar-refractivity contribution >= 4 is 21.5 Å². The summed E-state index contributed by atoms with van der Waals surface area (Å²) >= 11 is 0. The van der Waals surface area contributed by atoms with Gasteiger partial charge in [0.2, 0.25) is 0 Å². The summed E-state index contributed by atoms with van der Waals surface area (Å²) in [4.78, 5) is 8.42. The molecule has 4 N–H and O–H groups in total. The van der Waals surface area contributed by atoms with E-state index in [1.165, 1.54) is 6.26 Å². The van der Waals surface area contributed by atoms with E-state index in [-0.39, 0.29) is 13.2 Å². The Balaban J connectivity index is 2.87. The van der Waals surface area contributed by atoms with Crippen molar-refractivity contribution in [2.24, 2.45) is 5.84 Å². The van der Waals surface area contributed by atoms with Crippen molar-refractivity contribution in [2.45, 2.75) is 32.1 Å². The lowest BCUT2D eigenvalue weighted by Gasteiger charge is -2.23.